The molecule has 120 valence electrons. The number of rotatable bonds is 5. The second-order valence-electron chi connectivity index (χ2n) is 4.79. The lowest BCUT2D eigenvalue weighted by molar-refractivity contribution is 0.270. The summed E-state index contributed by atoms with van der Waals surface area (Å²) in [4.78, 5) is 4.20. The zero-order valence-electron chi connectivity index (χ0n) is 12.7. The van der Waals surface area contributed by atoms with Gasteiger partial charge in [-0.15, -0.1) is 0 Å². The van der Waals surface area contributed by atoms with Crippen LogP contribution in [0.3, 0.4) is 0 Å². The van der Waals surface area contributed by atoms with Crippen LogP contribution in [0.2, 0.25) is 0 Å². The van der Waals surface area contributed by atoms with Crippen molar-refractivity contribution in [3.8, 4) is 29.0 Å². The fourth-order valence-electron chi connectivity index (χ4n) is 2.02. The van der Waals surface area contributed by atoms with E-state index in [4.69, 9.17) is 19.3 Å². The number of hydrogen-bond donors (Lipinski definition) is 0. The van der Waals surface area contributed by atoms with Gasteiger partial charge in [-0.25, -0.2) is 4.39 Å². The summed E-state index contributed by atoms with van der Waals surface area (Å²) in [6.07, 6.45) is 0. The fourth-order valence-corrected chi connectivity index (χ4v) is 2.02. The third kappa shape index (κ3) is 3.33. The number of ether oxygens (including phenoxy) is 2. The van der Waals surface area contributed by atoms with E-state index >= 15 is 0 Å². The highest BCUT2D eigenvalue weighted by atomic mass is 19.1. The minimum atomic E-state index is -0.338. The zero-order valence-corrected chi connectivity index (χ0v) is 12.7. The first-order valence-corrected chi connectivity index (χ1v) is 6.99. The molecule has 0 atom stereocenters. The summed E-state index contributed by atoms with van der Waals surface area (Å²) in [5.41, 5.74) is 1.09. The highest BCUT2D eigenvalue weighted by Gasteiger charge is 2.11. The van der Waals surface area contributed by atoms with Crippen LogP contribution in [0, 0.1) is 17.1 Å². The predicted octanol–water partition coefficient (Wildman–Crippen LogP) is 3.33. The van der Waals surface area contributed by atoms with Crippen LogP contribution in [0.15, 0.2) is 47.0 Å². The van der Waals surface area contributed by atoms with Crippen LogP contribution in [0.4, 0.5) is 4.39 Å². The Morgan fingerprint density at radius 1 is 1.17 bits per heavy atom. The first-order chi connectivity index (χ1) is 11.7. The summed E-state index contributed by atoms with van der Waals surface area (Å²) in [6, 6.07) is 12.6. The zero-order chi connectivity index (χ0) is 16.9. The van der Waals surface area contributed by atoms with Crippen LogP contribution in [0.1, 0.15) is 11.4 Å². The van der Waals surface area contributed by atoms with Crippen LogP contribution in [0.5, 0.6) is 11.5 Å². The van der Waals surface area contributed by atoms with Crippen molar-refractivity contribution < 1.29 is 18.4 Å². The molecule has 2 aromatic carbocycles. The standard InChI is InChI=1S/C17H12FN3O3/c1-22-15-8-11(9-19)2-7-14(15)23-10-16-20-17(24-21-16)12-3-5-13(18)6-4-12/h2-8H,10H2,1H3. The molecule has 0 aliphatic carbocycles. The third-order valence-corrected chi connectivity index (χ3v) is 3.21. The van der Waals surface area contributed by atoms with E-state index in [9.17, 15) is 4.39 Å². The summed E-state index contributed by atoms with van der Waals surface area (Å²) in [7, 11) is 1.49. The molecular weight excluding hydrogens is 313 g/mol. The van der Waals surface area contributed by atoms with E-state index in [2.05, 4.69) is 10.1 Å². The molecule has 1 aromatic heterocycles. The van der Waals surface area contributed by atoms with Crippen molar-refractivity contribution in [3.05, 3.63) is 59.7 Å². The molecule has 0 amide bonds. The molecule has 0 fully saturated rings. The highest BCUT2D eigenvalue weighted by molar-refractivity contribution is 5.52. The Bertz CT molecular complexity index is 885. The number of hydrogen-bond acceptors (Lipinski definition) is 6. The quantitative estimate of drug-likeness (QED) is 0.715. The number of halogens is 1. The van der Waals surface area contributed by atoms with Crippen LogP contribution < -0.4 is 9.47 Å². The first kappa shape index (κ1) is 15.5. The van der Waals surface area contributed by atoms with E-state index in [-0.39, 0.29) is 18.3 Å². The Hall–Kier alpha value is -3.40. The molecule has 0 unspecified atom stereocenters. The lowest BCUT2D eigenvalue weighted by Crippen LogP contribution is -1.99. The van der Waals surface area contributed by atoms with E-state index in [1.165, 1.54) is 19.2 Å². The van der Waals surface area contributed by atoms with Crippen molar-refractivity contribution in [1.82, 2.24) is 10.1 Å². The van der Waals surface area contributed by atoms with Gasteiger partial charge in [-0.1, -0.05) is 5.16 Å². The maximum absolute atomic E-state index is 12.9. The molecule has 6 nitrogen and oxygen atoms in total. The molecule has 0 bridgehead atoms. The van der Waals surface area contributed by atoms with E-state index < -0.39 is 0 Å². The average molecular weight is 325 g/mol. The summed E-state index contributed by atoms with van der Waals surface area (Å²) in [5, 5.41) is 12.7. The van der Waals surface area contributed by atoms with Crippen LogP contribution in [-0.2, 0) is 6.61 Å². The van der Waals surface area contributed by atoms with Gasteiger partial charge in [0.05, 0.1) is 18.7 Å². The predicted molar refractivity (Wildman–Crippen MR) is 81.7 cm³/mol. The van der Waals surface area contributed by atoms with Gasteiger partial charge in [-0.2, -0.15) is 10.2 Å². The van der Waals surface area contributed by atoms with Gasteiger partial charge in [-0.05, 0) is 36.4 Å². The number of nitriles is 1. The normalized spacial score (nSPS) is 10.2. The largest absolute Gasteiger partial charge is 0.493 e. The second-order valence-corrected chi connectivity index (χ2v) is 4.79. The number of nitrogens with zero attached hydrogens (tertiary/aromatic N) is 3. The molecule has 1 heterocycles. The molecule has 3 aromatic rings. The molecule has 24 heavy (non-hydrogen) atoms. The minimum Gasteiger partial charge on any atom is -0.493 e. The molecule has 0 N–H and O–H groups in total. The molecule has 0 aliphatic rings. The van der Waals surface area contributed by atoms with Crippen LogP contribution in [0.25, 0.3) is 11.5 Å². The topological polar surface area (TPSA) is 81.2 Å². The summed E-state index contributed by atoms with van der Waals surface area (Å²) in [6.45, 7) is 0.0625. The van der Waals surface area contributed by atoms with Gasteiger partial charge >= 0.3 is 0 Å². The van der Waals surface area contributed by atoms with Gasteiger partial charge in [0.15, 0.2) is 18.1 Å². The maximum atomic E-state index is 12.9. The van der Waals surface area contributed by atoms with E-state index in [1.54, 1.807) is 30.3 Å². The van der Waals surface area contributed by atoms with Crippen LogP contribution in [-0.4, -0.2) is 17.3 Å². The Labute approximate surface area is 137 Å². The van der Waals surface area contributed by atoms with Crippen molar-refractivity contribution in [2.75, 3.05) is 7.11 Å². The number of benzene rings is 2. The van der Waals surface area contributed by atoms with Crippen molar-refractivity contribution in [2.24, 2.45) is 0 Å². The number of methoxy groups -OCH3 is 1. The van der Waals surface area contributed by atoms with Gasteiger partial charge in [0.1, 0.15) is 5.82 Å². The van der Waals surface area contributed by atoms with Crippen molar-refractivity contribution in [1.29, 1.82) is 5.26 Å². The maximum Gasteiger partial charge on any atom is 0.258 e. The lowest BCUT2D eigenvalue weighted by Gasteiger charge is -2.08. The van der Waals surface area contributed by atoms with Crippen molar-refractivity contribution in [2.45, 2.75) is 6.61 Å². The second kappa shape index (κ2) is 6.79. The van der Waals surface area contributed by atoms with Gasteiger partial charge in [0, 0.05) is 11.6 Å². The SMILES string of the molecule is COc1cc(C#N)ccc1OCc1noc(-c2ccc(F)cc2)n1. The molecule has 7 heteroatoms. The minimum absolute atomic E-state index is 0.0625. The Morgan fingerprint density at radius 3 is 2.67 bits per heavy atom. The fraction of sp³-hybridized carbons (Fsp3) is 0.118. The Morgan fingerprint density at radius 2 is 1.96 bits per heavy atom. The molecule has 0 saturated carbocycles. The molecule has 0 spiro atoms. The molecule has 0 radical (unpaired) electrons. The van der Waals surface area contributed by atoms with Gasteiger partial charge in [-0.3, -0.25) is 0 Å². The molecule has 3 rings (SSSR count). The smallest absolute Gasteiger partial charge is 0.258 e. The molecule has 0 aliphatic heterocycles. The van der Waals surface area contributed by atoms with E-state index in [0.717, 1.165) is 0 Å². The molecular formula is C17H12FN3O3. The van der Waals surface area contributed by atoms with Crippen molar-refractivity contribution >= 4 is 0 Å². The number of aromatic nitrogens is 2. The highest BCUT2D eigenvalue weighted by Crippen LogP contribution is 2.28. The van der Waals surface area contributed by atoms with Crippen LogP contribution >= 0.6 is 0 Å². The van der Waals surface area contributed by atoms with E-state index in [1.807, 2.05) is 6.07 Å². The summed E-state index contributed by atoms with van der Waals surface area (Å²) in [5.74, 6) is 1.18. The van der Waals surface area contributed by atoms with Gasteiger partial charge < -0.3 is 14.0 Å². The van der Waals surface area contributed by atoms with Gasteiger partial charge in [0.2, 0.25) is 5.82 Å². The Balaban J connectivity index is 1.72. The van der Waals surface area contributed by atoms with E-state index in [0.29, 0.717) is 28.5 Å². The first-order valence-electron chi connectivity index (χ1n) is 6.99. The van der Waals surface area contributed by atoms with Crippen molar-refractivity contribution in [3.63, 3.8) is 0 Å². The lowest BCUT2D eigenvalue weighted by atomic mass is 10.2. The monoisotopic (exact) mass is 325 g/mol. The summed E-state index contributed by atoms with van der Waals surface area (Å²) < 4.78 is 28.8. The average Bonchev–Trinajstić information content (AvgIpc) is 3.09. The third-order valence-electron chi connectivity index (χ3n) is 3.21. The Kier molecular flexibility index (Phi) is 4.38. The summed E-state index contributed by atoms with van der Waals surface area (Å²) >= 11 is 0. The molecule has 0 saturated heterocycles. The van der Waals surface area contributed by atoms with Gasteiger partial charge in [0.25, 0.3) is 5.89 Å².